The van der Waals surface area contributed by atoms with Crippen LogP contribution in [0.3, 0.4) is 0 Å². The zero-order chi connectivity index (χ0) is 25.3. The number of carbonyl (C=O) groups is 3. The first kappa shape index (κ1) is 29.9. The highest BCUT2D eigenvalue weighted by Crippen LogP contribution is 2.27. The third-order valence-corrected chi connectivity index (χ3v) is 5.32. The lowest BCUT2D eigenvalue weighted by Crippen LogP contribution is -2.52. The van der Waals surface area contributed by atoms with Gasteiger partial charge in [0.05, 0.1) is 12.7 Å². The minimum atomic E-state index is -0.958. The van der Waals surface area contributed by atoms with Gasteiger partial charge in [0, 0.05) is 6.54 Å². The van der Waals surface area contributed by atoms with Crippen LogP contribution in [0.2, 0.25) is 5.04 Å². The molecule has 0 saturated carbocycles. The van der Waals surface area contributed by atoms with E-state index in [9.17, 15) is 14.4 Å². The summed E-state index contributed by atoms with van der Waals surface area (Å²) in [7, 11) is 1.46. The molecular weight excluding hydrogens is 428 g/mol. The summed E-state index contributed by atoms with van der Waals surface area (Å²) < 4.78 is 16.1. The Balaban J connectivity index is 5.61. The number of carbonyl (C=O) groups excluding carboxylic acids is 3. The molecule has 32 heavy (non-hydrogen) atoms. The number of ether oxygens (including phenoxy) is 2. The normalized spacial score (nSPS) is 13.0. The largest absolute Gasteiger partial charge is 0.468 e. The van der Waals surface area contributed by atoms with Gasteiger partial charge in [-0.1, -0.05) is 33.4 Å². The van der Waals surface area contributed by atoms with Crippen LogP contribution in [0.15, 0.2) is 24.8 Å². The number of rotatable bonds is 11. The maximum atomic E-state index is 13.3. The van der Waals surface area contributed by atoms with Crippen molar-refractivity contribution >= 4 is 27.7 Å². The van der Waals surface area contributed by atoms with Gasteiger partial charge in [0.1, 0.15) is 18.2 Å². The molecule has 1 atom stereocenters. The van der Waals surface area contributed by atoms with E-state index in [4.69, 9.17) is 13.9 Å². The van der Waals surface area contributed by atoms with E-state index in [1.807, 2.05) is 13.8 Å². The van der Waals surface area contributed by atoms with Gasteiger partial charge in [-0.25, -0.2) is 4.79 Å². The standard InChI is InChI=1S/C23H40N2O6Si/c1-12-13-17(24-20(28)30-21(3,4)5)19(27)25(15-18(26)29-11)14-16(2)23(9,10)31-32-22(6,7)8/h12,17H,1-2,13-15H2,3-11H3,(H,24,28). The van der Waals surface area contributed by atoms with E-state index < -0.39 is 35.2 Å². The number of esters is 1. The molecule has 9 heteroatoms. The number of alkyl carbamates (subject to hydrolysis) is 1. The first-order valence-corrected chi connectivity index (χ1v) is 11.4. The minimum absolute atomic E-state index is 0.0224. The Morgan fingerprint density at radius 1 is 1.06 bits per heavy atom. The van der Waals surface area contributed by atoms with Gasteiger partial charge in [0.2, 0.25) is 15.7 Å². The summed E-state index contributed by atoms with van der Waals surface area (Å²) in [6.07, 6.45) is 0.945. The Bertz CT molecular complexity index is 692. The number of hydrogen-bond donors (Lipinski definition) is 1. The SMILES string of the molecule is C=CCC(NC(=O)OC(C)(C)C)C(=O)N(CC(=C)C(C)(C)O[Si]C(C)(C)C)CC(=O)OC. The molecule has 0 aromatic rings. The topological polar surface area (TPSA) is 94.2 Å². The van der Waals surface area contributed by atoms with Gasteiger partial charge >= 0.3 is 12.1 Å². The average Bonchev–Trinajstić information content (AvgIpc) is 2.62. The van der Waals surface area contributed by atoms with Crippen molar-refractivity contribution in [3.8, 4) is 0 Å². The Labute approximate surface area is 195 Å². The van der Waals surface area contributed by atoms with Crippen LogP contribution < -0.4 is 5.32 Å². The van der Waals surface area contributed by atoms with Crippen LogP contribution in [0, 0.1) is 0 Å². The van der Waals surface area contributed by atoms with Crippen molar-refractivity contribution in [3.05, 3.63) is 24.8 Å². The van der Waals surface area contributed by atoms with Crippen LogP contribution in [0.1, 0.15) is 61.8 Å². The predicted octanol–water partition coefficient (Wildman–Crippen LogP) is 3.65. The summed E-state index contributed by atoms with van der Waals surface area (Å²) >= 11 is 0. The van der Waals surface area contributed by atoms with Crippen molar-refractivity contribution in [3.63, 3.8) is 0 Å². The van der Waals surface area contributed by atoms with E-state index in [0.717, 1.165) is 0 Å². The molecule has 0 aromatic carbocycles. The molecular formula is C23H40N2O6Si. The Morgan fingerprint density at radius 2 is 1.62 bits per heavy atom. The van der Waals surface area contributed by atoms with Crippen molar-refractivity contribution in [2.75, 3.05) is 20.2 Å². The van der Waals surface area contributed by atoms with Gasteiger partial charge in [0.15, 0.2) is 0 Å². The second kappa shape index (κ2) is 12.2. The molecule has 0 fully saturated rings. The predicted molar refractivity (Wildman–Crippen MR) is 126 cm³/mol. The highest BCUT2D eigenvalue weighted by molar-refractivity contribution is 6.31. The van der Waals surface area contributed by atoms with Crippen molar-refractivity contribution in [1.29, 1.82) is 0 Å². The fourth-order valence-electron chi connectivity index (χ4n) is 2.26. The Kier molecular flexibility index (Phi) is 11.4. The number of hydrogen-bond acceptors (Lipinski definition) is 6. The van der Waals surface area contributed by atoms with Crippen molar-refractivity contribution < 1.29 is 28.3 Å². The van der Waals surface area contributed by atoms with Gasteiger partial charge in [-0.3, -0.25) is 9.59 Å². The third-order valence-electron chi connectivity index (χ3n) is 4.10. The highest BCUT2D eigenvalue weighted by atomic mass is 28.2. The lowest BCUT2D eigenvalue weighted by Gasteiger charge is -2.35. The monoisotopic (exact) mass is 468 g/mol. The number of methoxy groups -OCH3 is 1. The van der Waals surface area contributed by atoms with Crippen LogP contribution in [0.25, 0.3) is 0 Å². The lowest BCUT2D eigenvalue weighted by atomic mass is 9.99. The molecule has 0 bridgehead atoms. The smallest absolute Gasteiger partial charge is 0.408 e. The zero-order valence-electron chi connectivity index (χ0n) is 21.1. The maximum Gasteiger partial charge on any atom is 0.408 e. The molecule has 1 N–H and O–H groups in total. The van der Waals surface area contributed by atoms with Gasteiger partial charge in [-0.2, -0.15) is 0 Å². The molecule has 0 rings (SSSR count). The lowest BCUT2D eigenvalue weighted by molar-refractivity contribution is -0.147. The molecule has 0 heterocycles. The highest BCUT2D eigenvalue weighted by Gasteiger charge is 2.32. The molecule has 1 unspecified atom stereocenters. The molecule has 182 valence electrons. The van der Waals surface area contributed by atoms with Gasteiger partial charge < -0.3 is 24.1 Å². The van der Waals surface area contributed by atoms with E-state index in [2.05, 4.69) is 39.2 Å². The first-order chi connectivity index (χ1) is 14.4. The molecule has 0 aliphatic rings. The van der Waals surface area contributed by atoms with Gasteiger partial charge in [-0.05, 0) is 51.7 Å². The van der Waals surface area contributed by atoms with E-state index in [1.165, 1.54) is 18.1 Å². The number of amides is 2. The summed E-state index contributed by atoms with van der Waals surface area (Å²) in [5.74, 6) is -1.06. The van der Waals surface area contributed by atoms with Crippen molar-refractivity contribution in [2.45, 2.75) is 84.1 Å². The molecule has 0 aliphatic heterocycles. The molecule has 0 aromatic heterocycles. The van der Waals surface area contributed by atoms with Gasteiger partial charge in [0.25, 0.3) is 0 Å². The van der Waals surface area contributed by atoms with E-state index in [0.29, 0.717) is 5.57 Å². The minimum Gasteiger partial charge on any atom is -0.468 e. The van der Waals surface area contributed by atoms with Crippen LogP contribution in [-0.2, 0) is 23.5 Å². The van der Waals surface area contributed by atoms with Crippen molar-refractivity contribution in [1.82, 2.24) is 10.2 Å². The third kappa shape index (κ3) is 12.0. The summed E-state index contributed by atoms with van der Waals surface area (Å²) in [5, 5.41) is 2.55. The van der Waals surface area contributed by atoms with E-state index >= 15 is 0 Å². The second-order valence-corrected chi connectivity index (χ2v) is 12.0. The van der Waals surface area contributed by atoms with Crippen LogP contribution in [0.4, 0.5) is 4.79 Å². The van der Waals surface area contributed by atoms with E-state index in [1.54, 1.807) is 20.8 Å². The van der Waals surface area contributed by atoms with Crippen molar-refractivity contribution in [2.24, 2.45) is 0 Å². The Morgan fingerprint density at radius 3 is 2.06 bits per heavy atom. The maximum absolute atomic E-state index is 13.3. The van der Waals surface area contributed by atoms with E-state index in [-0.39, 0.29) is 34.3 Å². The first-order valence-electron chi connectivity index (χ1n) is 10.5. The average molecular weight is 469 g/mol. The summed E-state index contributed by atoms with van der Waals surface area (Å²) in [6.45, 7) is 22.6. The summed E-state index contributed by atoms with van der Waals surface area (Å²) in [5.41, 5.74) is -0.838. The van der Waals surface area contributed by atoms with Crippen LogP contribution in [-0.4, -0.2) is 70.1 Å². The number of nitrogens with zero attached hydrogens (tertiary/aromatic N) is 1. The summed E-state index contributed by atoms with van der Waals surface area (Å²) in [6, 6.07) is -0.958. The molecule has 0 saturated heterocycles. The molecule has 0 spiro atoms. The second-order valence-electron chi connectivity index (χ2n) is 10.1. The van der Waals surface area contributed by atoms with Crippen LogP contribution >= 0.6 is 0 Å². The summed E-state index contributed by atoms with van der Waals surface area (Å²) in [4.78, 5) is 38.8. The zero-order valence-corrected chi connectivity index (χ0v) is 22.1. The quantitative estimate of drug-likeness (QED) is 0.283. The molecule has 8 nitrogen and oxygen atoms in total. The molecule has 2 amide bonds. The molecule has 0 aliphatic carbocycles. The van der Waals surface area contributed by atoms with Crippen LogP contribution in [0.5, 0.6) is 0 Å². The fourth-order valence-corrected chi connectivity index (χ4v) is 2.97. The number of nitrogens with one attached hydrogen (secondary N) is 1. The Hall–Kier alpha value is -2.13. The fraction of sp³-hybridized carbons (Fsp3) is 0.696. The van der Waals surface area contributed by atoms with Gasteiger partial charge in [-0.15, -0.1) is 6.58 Å². The molecule has 2 radical (unpaired) electrons.